The Balaban J connectivity index is 1.51. The zero-order valence-corrected chi connectivity index (χ0v) is 17.9. The van der Waals surface area contributed by atoms with Crippen LogP contribution in [0.3, 0.4) is 0 Å². The van der Waals surface area contributed by atoms with Gasteiger partial charge in [0.1, 0.15) is 16.4 Å². The molecule has 0 aliphatic rings. The van der Waals surface area contributed by atoms with E-state index >= 15 is 0 Å². The summed E-state index contributed by atoms with van der Waals surface area (Å²) in [5, 5.41) is 13.1. The van der Waals surface area contributed by atoms with Gasteiger partial charge in [-0.1, -0.05) is 10.9 Å². The summed E-state index contributed by atoms with van der Waals surface area (Å²) in [6.07, 6.45) is 6.06. The first-order chi connectivity index (χ1) is 14.8. The van der Waals surface area contributed by atoms with Crippen molar-refractivity contribution in [3.05, 3.63) is 54.1 Å². The van der Waals surface area contributed by atoms with Gasteiger partial charge in [-0.05, 0) is 12.1 Å². The minimum Gasteiger partial charge on any atom is -0.317 e. The van der Waals surface area contributed by atoms with Crippen LogP contribution >= 0.6 is 19.2 Å². The molecule has 0 aromatic carbocycles. The standard InChI is InChI=1S/C17H16N7O5PS/c1-23-9-13(15(22-23)12-5-3-4-6-18-12)20-16(25)14-10-31-17(21-14)11-7-19-24(8-11)29-30(26,27)28-2/h3-10H,1-2H3,(H,20,25)(H,26,27). The predicted molar refractivity (Wildman–Crippen MR) is 111 cm³/mol. The Hall–Kier alpha value is -3.38. The van der Waals surface area contributed by atoms with Gasteiger partial charge < -0.3 is 5.32 Å². The summed E-state index contributed by atoms with van der Waals surface area (Å²) >= 11 is 1.21. The molecule has 0 fully saturated rings. The summed E-state index contributed by atoms with van der Waals surface area (Å²) in [7, 11) is -1.46. The van der Waals surface area contributed by atoms with Gasteiger partial charge in [-0.2, -0.15) is 5.10 Å². The molecular formula is C17H16N7O5PS. The molecule has 2 N–H and O–H groups in total. The first kappa shape index (κ1) is 20.9. The van der Waals surface area contributed by atoms with Gasteiger partial charge in [-0.15, -0.1) is 16.4 Å². The number of hydrogen-bond donors (Lipinski definition) is 2. The van der Waals surface area contributed by atoms with Crippen molar-refractivity contribution < 1.29 is 23.4 Å². The van der Waals surface area contributed by atoms with E-state index in [2.05, 4.69) is 30.0 Å². The molecule has 0 aliphatic heterocycles. The van der Waals surface area contributed by atoms with Gasteiger partial charge in [0.05, 0.1) is 29.3 Å². The summed E-state index contributed by atoms with van der Waals surface area (Å²) < 4.78 is 22.1. The predicted octanol–water partition coefficient (Wildman–Crippen LogP) is 2.23. The van der Waals surface area contributed by atoms with Crippen LogP contribution in [0.1, 0.15) is 10.5 Å². The molecule has 1 unspecified atom stereocenters. The number of phosphoric acid groups is 1. The minimum atomic E-state index is -4.24. The van der Waals surface area contributed by atoms with Crippen molar-refractivity contribution in [2.45, 2.75) is 0 Å². The number of carbonyl (C=O) groups excluding carboxylic acids is 1. The van der Waals surface area contributed by atoms with Gasteiger partial charge >= 0.3 is 7.82 Å². The number of hydrogen-bond acceptors (Lipinski definition) is 9. The van der Waals surface area contributed by atoms with E-state index in [9.17, 15) is 14.3 Å². The van der Waals surface area contributed by atoms with Crippen molar-refractivity contribution in [1.82, 2.24) is 29.7 Å². The maximum Gasteiger partial charge on any atom is 0.547 e. The number of nitrogens with one attached hydrogen (secondary N) is 1. The van der Waals surface area contributed by atoms with E-state index in [-0.39, 0.29) is 5.69 Å². The fraction of sp³-hybridized carbons (Fsp3) is 0.118. The van der Waals surface area contributed by atoms with Gasteiger partial charge in [0.15, 0.2) is 0 Å². The van der Waals surface area contributed by atoms with Crippen LogP contribution < -0.4 is 9.94 Å². The molecule has 0 spiro atoms. The summed E-state index contributed by atoms with van der Waals surface area (Å²) in [6, 6.07) is 5.43. The zero-order valence-electron chi connectivity index (χ0n) is 16.2. The average Bonchev–Trinajstić information content (AvgIpc) is 3.48. The van der Waals surface area contributed by atoms with Gasteiger partial charge in [0, 0.05) is 31.9 Å². The van der Waals surface area contributed by atoms with Crippen LogP contribution in [0.15, 0.2) is 48.4 Å². The molecule has 0 aliphatic carbocycles. The molecule has 1 amide bonds. The topological polar surface area (TPSA) is 146 Å². The fourth-order valence-electron chi connectivity index (χ4n) is 2.57. The second-order valence-corrected chi connectivity index (χ2v) is 8.46. The monoisotopic (exact) mass is 461 g/mol. The smallest absolute Gasteiger partial charge is 0.317 e. The third kappa shape index (κ3) is 4.70. The molecule has 0 saturated heterocycles. The van der Waals surface area contributed by atoms with Crippen LogP contribution in [0.2, 0.25) is 0 Å². The van der Waals surface area contributed by atoms with Crippen molar-refractivity contribution in [2.75, 3.05) is 12.4 Å². The number of anilines is 1. The number of phosphoric ester groups is 1. The molecule has 4 heterocycles. The van der Waals surface area contributed by atoms with E-state index < -0.39 is 13.7 Å². The molecule has 0 saturated carbocycles. The Morgan fingerprint density at radius 3 is 2.90 bits per heavy atom. The highest BCUT2D eigenvalue weighted by Crippen LogP contribution is 2.38. The molecule has 4 aromatic rings. The first-order valence-corrected chi connectivity index (χ1v) is 11.1. The van der Waals surface area contributed by atoms with E-state index in [0.717, 1.165) is 12.0 Å². The van der Waals surface area contributed by atoms with Crippen LogP contribution in [0.4, 0.5) is 5.69 Å². The van der Waals surface area contributed by atoms with Gasteiger partial charge in [0.25, 0.3) is 5.91 Å². The average molecular weight is 461 g/mol. The zero-order chi connectivity index (χ0) is 22.0. The number of aromatic nitrogens is 6. The molecule has 14 heteroatoms. The molecule has 160 valence electrons. The largest absolute Gasteiger partial charge is 0.547 e. The number of thiazole rings is 1. The SMILES string of the molecule is COP(=O)(O)On1cc(-c2nc(C(=O)Nc3cn(C)nc3-c3ccccn3)cs2)cn1. The third-order valence-electron chi connectivity index (χ3n) is 3.95. The summed E-state index contributed by atoms with van der Waals surface area (Å²) in [5.74, 6) is -0.421. The number of rotatable bonds is 7. The van der Waals surface area contributed by atoms with Crippen LogP contribution in [0, 0.1) is 0 Å². The Morgan fingerprint density at radius 1 is 1.32 bits per heavy atom. The molecule has 0 bridgehead atoms. The number of pyridine rings is 1. The maximum absolute atomic E-state index is 12.7. The molecule has 4 aromatic heterocycles. The van der Waals surface area contributed by atoms with Crippen LogP contribution in [0.25, 0.3) is 22.0 Å². The number of aryl methyl sites for hydroxylation is 1. The van der Waals surface area contributed by atoms with Crippen LogP contribution in [0.5, 0.6) is 0 Å². The summed E-state index contributed by atoms with van der Waals surface area (Å²) in [4.78, 5) is 31.5. The lowest BCUT2D eigenvalue weighted by Crippen LogP contribution is -2.12. The van der Waals surface area contributed by atoms with E-state index in [1.807, 2.05) is 6.07 Å². The van der Waals surface area contributed by atoms with Crippen molar-refractivity contribution in [3.63, 3.8) is 0 Å². The molecule has 31 heavy (non-hydrogen) atoms. The van der Waals surface area contributed by atoms with Crippen LogP contribution in [-0.2, 0) is 16.1 Å². The Bertz CT molecular complexity index is 1270. The molecular weight excluding hydrogens is 445 g/mol. The first-order valence-electron chi connectivity index (χ1n) is 8.70. The van der Waals surface area contributed by atoms with Crippen molar-refractivity contribution >= 4 is 30.8 Å². The molecule has 0 radical (unpaired) electrons. The fourth-order valence-corrected chi connectivity index (χ4v) is 3.71. The van der Waals surface area contributed by atoms with Crippen molar-refractivity contribution in [1.29, 1.82) is 0 Å². The van der Waals surface area contributed by atoms with E-state index in [4.69, 9.17) is 4.62 Å². The second kappa shape index (κ2) is 8.40. The molecule has 12 nitrogen and oxygen atoms in total. The van der Waals surface area contributed by atoms with Crippen LogP contribution in [-0.4, -0.2) is 47.6 Å². The Morgan fingerprint density at radius 2 is 2.16 bits per heavy atom. The van der Waals surface area contributed by atoms with Gasteiger partial charge in [0.2, 0.25) is 0 Å². The van der Waals surface area contributed by atoms with Crippen molar-refractivity contribution in [3.8, 4) is 22.0 Å². The highest BCUT2D eigenvalue weighted by atomic mass is 32.1. The third-order valence-corrected chi connectivity index (χ3v) is 5.67. The number of nitrogens with zero attached hydrogens (tertiary/aromatic N) is 6. The number of carbonyl (C=O) groups is 1. The normalized spacial score (nSPS) is 13.0. The number of amides is 1. The van der Waals surface area contributed by atoms with Gasteiger partial charge in [-0.3, -0.25) is 28.5 Å². The molecule has 4 rings (SSSR count). The quantitative estimate of drug-likeness (QED) is 0.396. The highest BCUT2D eigenvalue weighted by Gasteiger charge is 2.22. The maximum atomic E-state index is 12.7. The molecule has 1 atom stereocenters. The lowest BCUT2D eigenvalue weighted by molar-refractivity contribution is 0.102. The Kier molecular flexibility index (Phi) is 5.65. The highest BCUT2D eigenvalue weighted by molar-refractivity contribution is 7.47. The van der Waals surface area contributed by atoms with Gasteiger partial charge in [-0.25, -0.2) is 9.55 Å². The minimum absolute atomic E-state index is 0.189. The Labute approximate surface area is 179 Å². The van der Waals surface area contributed by atoms with E-state index in [1.165, 1.54) is 23.7 Å². The summed E-state index contributed by atoms with van der Waals surface area (Å²) in [6.45, 7) is 0. The lowest BCUT2D eigenvalue weighted by Gasteiger charge is -2.07. The second-order valence-electron chi connectivity index (χ2n) is 6.14. The van der Waals surface area contributed by atoms with Crippen molar-refractivity contribution in [2.24, 2.45) is 7.05 Å². The summed E-state index contributed by atoms with van der Waals surface area (Å²) in [5.41, 5.74) is 2.35. The lowest BCUT2D eigenvalue weighted by atomic mass is 10.2. The van der Waals surface area contributed by atoms with E-state index in [1.54, 1.807) is 41.6 Å². The van der Waals surface area contributed by atoms with E-state index in [0.29, 0.717) is 27.6 Å².